The van der Waals surface area contributed by atoms with Crippen molar-refractivity contribution in [3.8, 4) is 0 Å². The number of nitrogens with two attached hydrogens (primary N) is 1. The van der Waals surface area contributed by atoms with Crippen LogP contribution in [0.5, 0.6) is 0 Å². The Balaban J connectivity index is 1.53. The van der Waals surface area contributed by atoms with Crippen molar-refractivity contribution in [1.82, 2.24) is 15.1 Å². The van der Waals surface area contributed by atoms with Gasteiger partial charge in [0, 0.05) is 39.3 Å². The second kappa shape index (κ2) is 9.85. The van der Waals surface area contributed by atoms with Gasteiger partial charge in [0.05, 0.1) is 11.8 Å². The number of likely N-dealkylation sites (tertiary alicyclic amines) is 2. The van der Waals surface area contributed by atoms with E-state index in [4.69, 9.17) is 5.73 Å². The second-order valence-electron chi connectivity index (χ2n) is 7.76. The maximum absolute atomic E-state index is 13.1. The number of amides is 2. The van der Waals surface area contributed by atoms with Gasteiger partial charge in [-0.15, -0.1) is 0 Å². The van der Waals surface area contributed by atoms with Gasteiger partial charge in [0.25, 0.3) is 0 Å². The Labute approximate surface area is 162 Å². The molecular weight excluding hydrogens is 340 g/mol. The van der Waals surface area contributed by atoms with Crippen molar-refractivity contribution in [1.29, 1.82) is 0 Å². The monoisotopic (exact) mass is 372 g/mol. The van der Waals surface area contributed by atoms with Gasteiger partial charge >= 0.3 is 0 Å². The van der Waals surface area contributed by atoms with E-state index in [-0.39, 0.29) is 23.7 Å². The lowest BCUT2D eigenvalue weighted by molar-refractivity contribution is -0.141. The minimum Gasteiger partial charge on any atom is -0.355 e. The summed E-state index contributed by atoms with van der Waals surface area (Å²) in [5.74, 6) is 0.211. The van der Waals surface area contributed by atoms with Crippen LogP contribution in [0.25, 0.3) is 0 Å². The Morgan fingerprint density at radius 3 is 2.56 bits per heavy atom. The predicted molar refractivity (Wildman–Crippen MR) is 106 cm³/mol. The van der Waals surface area contributed by atoms with Crippen LogP contribution in [0.4, 0.5) is 0 Å². The van der Waals surface area contributed by atoms with Crippen LogP contribution >= 0.6 is 0 Å². The molecule has 1 aromatic rings. The summed E-state index contributed by atoms with van der Waals surface area (Å²) in [5.41, 5.74) is 6.76. The van der Waals surface area contributed by atoms with Crippen LogP contribution in [0.15, 0.2) is 30.3 Å². The van der Waals surface area contributed by atoms with Crippen molar-refractivity contribution in [3.63, 3.8) is 0 Å². The molecule has 0 spiro atoms. The fourth-order valence-corrected chi connectivity index (χ4v) is 4.23. The van der Waals surface area contributed by atoms with E-state index in [2.05, 4.69) is 34.5 Å². The molecule has 2 atom stereocenters. The summed E-state index contributed by atoms with van der Waals surface area (Å²) in [6.07, 6.45) is 3.75. The van der Waals surface area contributed by atoms with E-state index in [1.165, 1.54) is 5.56 Å². The lowest BCUT2D eigenvalue weighted by Gasteiger charge is -2.38. The third kappa shape index (κ3) is 5.53. The van der Waals surface area contributed by atoms with Crippen LogP contribution in [0, 0.1) is 11.8 Å². The van der Waals surface area contributed by atoms with Crippen LogP contribution in [-0.2, 0) is 16.1 Å². The van der Waals surface area contributed by atoms with Crippen molar-refractivity contribution < 1.29 is 9.59 Å². The third-order valence-corrected chi connectivity index (χ3v) is 5.65. The highest BCUT2D eigenvalue weighted by atomic mass is 16.2. The van der Waals surface area contributed by atoms with Crippen LogP contribution < -0.4 is 11.1 Å². The van der Waals surface area contributed by atoms with Gasteiger partial charge in [-0.3, -0.25) is 14.5 Å². The average Bonchev–Trinajstić information content (AvgIpc) is 2.72. The number of piperidine rings is 2. The molecule has 27 heavy (non-hydrogen) atoms. The van der Waals surface area contributed by atoms with E-state index in [1.807, 2.05) is 11.0 Å². The molecule has 2 aliphatic heterocycles. The topological polar surface area (TPSA) is 78.7 Å². The first-order chi connectivity index (χ1) is 13.2. The summed E-state index contributed by atoms with van der Waals surface area (Å²) in [6.45, 7) is 5.02. The Hall–Kier alpha value is -1.92. The average molecular weight is 373 g/mol. The summed E-state index contributed by atoms with van der Waals surface area (Å²) in [5, 5.41) is 2.87. The molecule has 3 rings (SSSR count). The number of carbonyl (C=O) groups excluding carboxylic acids is 2. The lowest BCUT2D eigenvalue weighted by Crippen LogP contribution is -2.50. The van der Waals surface area contributed by atoms with E-state index in [1.54, 1.807) is 0 Å². The molecule has 0 saturated carbocycles. The molecule has 2 aliphatic rings. The number of hydrogen-bond acceptors (Lipinski definition) is 4. The van der Waals surface area contributed by atoms with E-state index in [0.717, 1.165) is 51.9 Å². The SMILES string of the molecule is NCCNC(=O)C1CCCN(C(=O)C2CCCN(Cc3ccccc3)C2)C1. The van der Waals surface area contributed by atoms with Gasteiger partial charge in [-0.25, -0.2) is 0 Å². The number of benzene rings is 1. The number of carbonyl (C=O) groups is 2. The van der Waals surface area contributed by atoms with Crippen molar-refractivity contribution in [2.75, 3.05) is 39.3 Å². The molecule has 2 heterocycles. The molecule has 0 radical (unpaired) electrons. The third-order valence-electron chi connectivity index (χ3n) is 5.65. The fraction of sp³-hybridized carbons (Fsp3) is 0.619. The van der Waals surface area contributed by atoms with Crippen molar-refractivity contribution in [2.45, 2.75) is 32.2 Å². The van der Waals surface area contributed by atoms with Crippen LogP contribution in [0.2, 0.25) is 0 Å². The zero-order chi connectivity index (χ0) is 19.1. The van der Waals surface area contributed by atoms with Crippen LogP contribution in [-0.4, -0.2) is 60.9 Å². The smallest absolute Gasteiger partial charge is 0.226 e. The van der Waals surface area contributed by atoms with Crippen LogP contribution in [0.1, 0.15) is 31.2 Å². The van der Waals surface area contributed by atoms with Gasteiger partial charge in [0.15, 0.2) is 0 Å². The van der Waals surface area contributed by atoms with Gasteiger partial charge in [0.2, 0.25) is 11.8 Å². The molecule has 6 heteroatoms. The molecule has 6 nitrogen and oxygen atoms in total. The Morgan fingerprint density at radius 1 is 1.04 bits per heavy atom. The second-order valence-corrected chi connectivity index (χ2v) is 7.76. The lowest BCUT2D eigenvalue weighted by atomic mass is 9.92. The van der Waals surface area contributed by atoms with Gasteiger partial charge in [-0.1, -0.05) is 30.3 Å². The van der Waals surface area contributed by atoms with E-state index in [9.17, 15) is 9.59 Å². The molecular formula is C21H32N4O2. The quantitative estimate of drug-likeness (QED) is 0.787. The summed E-state index contributed by atoms with van der Waals surface area (Å²) < 4.78 is 0. The summed E-state index contributed by atoms with van der Waals surface area (Å²) in [7, 11) is 0. The summed E-state index contributed by atoms with van der Waals surface area (Å²) in [6, 6.07) is 10.4. The fourth-order valence-electron chi connectivity index (χ4n) is 4.23. The molecule has 2 saturated heterocycles. The Kier molecular flexibility index (Phi) is 7.24. The zero-order valence-electron chi connectivity index (χ0n) is 16.1. The number of rotatable bonds is 6. The molecule has 0 bridgehead atoms. The van der Waals surface area contributed by atoms with E-state index in [0.29, 0.717) is 19.6 Å². The molecule has 2 amide bonds. The first-order valence-electron chi connectivity index (χ1n) is 10.2. The van der Waals surface area contributed by atoms with Crippen molar-refractivity contribution in [3.05, 3.63) is 35.9 Å². The summed E-state index contributed by atoms with van der Waals surface area (Å²) in [4.78, 5) is 29.6. The van der Waals surface area contributed by atoms with Crippen LogP contribution in [0.3, 0.4) is 0 Å². The molecule has 3 N–H and O–H groups in total. The predicted octanol–water partition coefficient (Wildman–Crippen LogP) is 1.21. The number of nitrogens with zero attached hydrogens (tertiary/aromatic N) is 2. The Bertz CT molecular complexity index is 622. The molecule has 2 unspecified atom stereocenters. The van der Waals surface area contributed by atoms with Gasteiger partial charge in [0.1, 0.15) is 0 Å². The normalized spacial score (nSPS) is 23.8. The first kappa shape index (κ1) is 19.8. The standard InChI is InChI=1S/C21H32N4O2/c22-10-11-23-20(26)18-8-5-13-25(16-18)21(27)19-9-4-12-24(15-19)14-17-6-2-1-3-7-17/h1-3,6-7,18-19H,4-5,8-16,22H2,(H,23,26). The highest BCUT2D eigenvalue weighted by Gasteiger charge is 2.33. The summed E-state index contributed by atoms with van der Waals surface area (Å²) >= 11 is 0. The zero-order valence-corrected chi connectivity index (χ0v) is 16.1. The molecule has 148 valence electrons. The Morgan fingerprint density at radius 2 is 1.78 bits per heavy atom. The highest BCUT2D eigenvalue weighted by molar-refractivity contribution is 5.82. The number of nitrogens with one attached hydrogen (secondary N) is 1. The largest absolute Gasteiger partial charge is 0.355 e. The highest BCUT2D eigenvalue weighted by Crippen LogP contribution is 2.24. The van der Waals surface area contributed by atoms with Gasteiger partial charge < -0.3 is 16.0 Å². The van der Waals surface area contributed by atoms with Crippen molar-refractivity contribution in [2.24, 2.45) is 17.6 Å². The molecule has 0 aliphatic carbocycles. The minimum absolute atomic E-state index is 0.0345. The maximum atomic E-state index is 13.1. The minimum atomic E-state index is -0.0988. The number of hydrogen-bond donors (Lipinski definition) is 2. The first-order valence-corrected chi connectivity index (χ1v) is 10.2. The van der Waals surface area contributed by atoms with E-state index >= 15 is 0 Å². The van der Waals surface area contributed by atoms with Gasteiger partial charge in [-0.05, 0) is 37.8 Å². The van der Waals surface area contributed by atoms with Crippen molar-refractivity contribution >= 4 is 11.8 Å². The van der Waals surface area contributed by atoms with Gasteiger partial charge in [-0.2, -0.15) is 0 Å². The van der Waals surface area contributed by atoms with E-state index < -0.39 is 0 Å². The maximum Gasteiger partial charge on any atom is 0.226 e. The molecule has 1 aromatic carbocycles. The molecule has 0 aromatic heterocycles. The molecule has 2 fully saturated rings.